The average molecular weight is 588 g/mol. The van der Waals surface area contributed by atoms with E-state index in [1.54, 1.807) is 39.0 Å². The van der Waals surface area contributed by atoms with Gasteiger partial charge in [-0.1, -0.05) is 28.6 Å². The summed E-state index contributed by atoms with van der Waals surface area (Å²) in [5.74, 6) is 0.00600. The van der Waals surface area contributed by atoms with Crippen LogP contribution in [0.25, 0.3) is 17.0 Å². The van der Waals surface area contributed by atoms with Crippen LogP contribution in [0.5, 0.6) is 5.75 Å². The van der Waals surface area contributed by atoms with Gasteiger partial charge in [-0.05, 0) is 51.8 Å². The minimum Gasteiger partial charge on any atom is -0.486 e. The molecule has 2 heterocycles. The number of amides is 1. The van der Waals surface area contributed by atoms with Gasteiger partial charge in [-0.25, -0.2) is 23.5 Å². The van der Waals surface area contributed by atoms with Gasteiger partial charge in [0.15, 0.2) is 12.0 Å². The molecule has 0 spiro atoms. The third-order valence-corrected chi connectivity index (χ3v) is 6.32. The first kappa shape index (κ1) is 27.4. The van der Waals surface area contributed by atoms with Crippen LogP contribution >= 0.6 is 15.9 Å². The molecule has 0 radical (unpaired) electrons. The molecule has 0 bridgehead atoms. The second-order valence-corrected chi connectivity index (χ2v) is 10.7. The first-order valence-electron chi connectivity index (χ1n) is 11.9. The zero-order chi connectivity index (χ0) is 27.6. The molecule has 11 heteroatoms. The largest absolute Gasteiger partial charge is 0.486 e. The van der Waals surface area contributed by atoms with Crippen LogP contribution in [0, 0.1) is 5.82 Å². The number of carbonyl (C=O) groups is 1. The van der Waals surface area contributed by atoms with Gasteiger partial charge in [0.25, 0.3) is 0 Å². The molecule has 38 heavy (non-hydrogen) atoms. The number of aliphatic imine (C=N–C) groups is 1. The van der Waals surface area contributed by atoms with Crippen LogP contribution in [-0.2, 0) is 4.74 Å². The van der Waals surface area contributed by atoms with Crippen LogP contribution in [-0.4, -0.2) is 58.6 Å². The normalized spacial score (nSPS) is 17.7. The summed E-state index contributed by atoms with van der Waals surface area (Å²) in [6.07, 6.45) is 0.0888. The maximum absolute atomic E-state index is 15.2. The van der Waals surface area contributed by atoms with Crippen molar-refractivity contribution in [1.29, 1.82) is 0 Å². The van der Waals surface area contributed by atoms with Crippen LogP contribution in [0.3, 0.4) is 0 Å². The Labute approximate surface area is 227 Å². The van der Waals surface area contributed by atoms with Crippen molar-refractivity contribution in [2.75, 3.05) is 18.4 Å². The molecule has 1 aliphatic rings. The minimum atomic E-state index is -1.46. The highest BCUT2D eigenvalue weighted by molar-refractivity contribution is 9.10. The first-order valence-corrected chi connectivity index (χ1v) is 12.7. The van der Waals surface area contributed by atoms with Crippen LogP contribution in [0.1, 0.15) is 32.8 Å². The van der Waals surface area contributed by atoms with Gasteiger partial charge < -0.3 is 19.7 Å². The third-order valence-electron chi connectivity index (χ3n) is 5.86. The number of ether oxygens (including phenoxy) is 2. The van der Waals surface area contributed by atoms with E-state index in [9.17, 15) is 4.79 Å². The molecule has 1 aliphatic heterocycles. The standard InChI is InChI=1S/C27H28BrF2N5O3/c1-6-16-18(31-5)7-8-19(24(16)30)34-25-23-20(32-14-33-25)11-15(28)12-22(23)37-21-9-10-35(13-17(21)29)26(36)38-27(2,3)4/h6-8,11-12,14,17,21H,1,5,9-10,13H2,2-4H3,(H,32,33,34). The number of hydrogen-bond donors (Lipinski definition) is 1. The second kappa shape index (κ2) is 11.0. The number of fused-ring (bicyclic) bond motifs is 1. The molecule has 2 aromatic carbocycles. The van der Waals surface area contributed by atoms with Gasteiger partial charge in [0, 0.05) is 23.0 Å². The lowest BCUT2D eigenvalue weighted by Gasteiger charge is -2.35. The smallest absolute Gasteiger partial charge is 0.410 e. The Bertz CT molecular complexity index is 1400. The van der Waals surface area contributed by atoms with Crippen LogP contribution in [0.15, 0.2) is 46.6 Å². The monoisotopic (exact) mass is 587 g/mol. The SMILES string of the molecule is C=Cc1c(N=C)ccc(Nc2ncnc3cc(Br)cc(OC4CCN(C(=O)OC(C)(C)C)CC4F)c23)c1F. The van der Waals surface area contributed by atoms with E-state index >= 15 is 8.78 Å². The Morgan fingerprint density at radius 1 is 1.32 bits per heavy atom. The average Bonchev–Trinajstić information content (AvgIpc) is 2.85. The minimum absolute atomic E-state index is 0.134. The van der Waals surface area contributed by atoms with Gasteiger partial charge in [0.1, 0.15) is 29.6 Å². The number of hydrogen-bond acceptors (Lipinski definition) is 7. The molecule has 0 aliphatic carbocycles. The second-order valence-electron chi connectivity index (χ2n) is 9.75. The van der Waals surface area contributed by atoms with Gasteiger partial charge >= 0.3 is 6.09 Å². The molecule has 2 atom stereocenters. The summed E-state index contributed by atoms with van der Waals surface area (Å²) in [5.41, 5.74) is 0.510. The van der Waals surface area contributed by atoms with E-state index in [0.717, 1.165) is 0 Å². The molecule has 200 valence electrons. The number of piperidine rings is 1. The fourth-order valence-electron chi connectivity index (χ4n) is 4.12. The summed E-state index contributed by atoms with van der Waals surface area (Å²) >= 11 is 3.45. The highest BCUT2D eigenvalue weighted by Crippen LogP contribution is 2.38. The van der Waals surface area contributed by atoms with Crippen molar-refractivity contribution in [3.05, 3.63) is 53.0 Å². The van der Waals surface area contributed by atoms with Crippen molar-refractivity contribution in [2.24, 2.45) is 4.99 Å². The molecular formula is C27H28BrF2N5O3. The van der Waals surface area contributed by atoms with Crippen molar-refractivity contribution in [1.82, 2.24) is 14.9 Å². The summed E-state index contributed by atoms with van der Waals surface area (Å²) in [5, 5.41) is 3.45. The molecular weight excluding hydrogens is 560 g/mol. The molecule has 4 rings (SSSR count). The number of aromatic nitrogens is 2. The van der Waals surface area contributed by atoms with Gasteiger partial charge in [-0.3, -0.25) is 4.99 Å². The van der Waals surface area contributed by atoms with Gasteiger partial charge in [-0.2, -0.15) is 0 Å². The Kier molecular flexibility index (Phi) is 7.96. The molecule has 1 amide bonds. The fraction of sp³-hybridized carbons (Fsp3) is 0.333. The number of benzene rings is 2. The first-order chi connectivity index (χ1) is 18.0. The molecule has 1 N–H and O–H groups in total. The van der Waals surface area contributed by atoms with Crippen LogP contribution < -0.4 is 10.1 Å². The summed E-state index contributed by atoms with van der Waals surface area (Å²) in [6.45, 7) is 12.5. The molecule has 1 aromatic heterocycles. The Morgan fingerprint density at radius 3 is 2.74 bits per heavy atom. The number of carbonyl (C=O) groups excluding carboxylic acids is 1. The Hall–Kier alpha value is -3.60. The van der Waals surface area contributed by atoms with Gasteiger partial charge in [0.2, 0.25) is 0 Å². The number of halogens is 3. The van der Waals surface area contributed by atoms with E-state index in [0.29, 0.717) is 26.8 Å². The van der Waals surface area contributed by atoms with Crippen molar-refractivity contribution in [3.63, 3.8) is 0 Å². The molecule has 8 nitrogen and oxygen atoms in total. The predicted octanol–water partition coefficient (Wildman–Crippen LogP) is 6.98. The number of anilines is 2. The van der Waals surface area contributed by atoms with Gasteiger partial charge in [0.05, 0.1) is 28.8 Å². The quantitative estimate of drug-likeness (QED) is 0.313. The maximum Gasteiger partial charge on any atom is 0.410 e. The van der Waals surface area contributed by atoms with Crippen molar-refractivity contribution in [2.45, 2.75) is 45.1 Å². The van der Waals surface area contributed by atoms with Gasteiger partial charge in [-0.15, -0.1) is 0 Å². The van der Waals surface area contributed by atoms with Crippen molar-refractivity contribution in [3.8, 4) is 5.75 Å². The molecule has 1 fully saturated rings. The van der Waals surface area contributed by atoms with Crippen molar-refractivity contribution >= 4 is 62.9 Å². The molecule has 2 unspecified atom stereocenters. The summed E-state index contributed by atoms with van der Waals surface area (Å²) in [7, 11) is 0. The highest BCUT2D eigenvalue weighted by Gasteiger charge is 2.35. The number of nitrogens with one attached hydrogen (secondary N) is 1. The lowest BCUT2D eigenvalue weighted by atomic mass is 10.1. The number of likely N-dealkylation sites (tertiary alicyclic amines) is 1. The summed E-state index contributed by atoms with van der Waals surface area (Å²) in [6, 6.07) is 6.56. The van der Waals surface area contributed by atoms with E-state index < -0.39 is 29.8 Å². The number of nitrogens with zero attached hydrogens (tertiary/aromatic N) is 4. The van der Waals surface area contributed by atoms with E-state index in [1.165, 1.54) is 23.4 Å². The number of alkyl halides is 1. The van der Waals surface area contributed by atoms with Crippen molar-refractivity contribution < 1.29 is 23.0 Å². The summed E-state index contributed by atoms with van der Waals surface area (Å²) in [4.78, 5) is 26.2. The van der Waals surface area contributed by atoms with Crippen LogP contribution in [0.2, 0.25) is 0 Å². The zero-order valence-electron chi connectivity index (χ0n) is 21.3. The van der Waals surface area contributed by atoms with E-state index in [4.69, 9.17) is 9.47 Å². The van der Waals surface area contributed by atoms with E-state index in [2.05, 4.69) is 49.5 Å². The van der Waals surface area contributed by atoms with E-state index in [1.807, 2.05) is 0 Å². The summed E-state index contributed by atoms with van der Waals surface area (Å²) < 4.78 is 42.6. The maximum atomic E-state index is 15.2. The van der Waals surface area contributed by atoms with E-state index in [-0.39, 0.29) is 36.6 Å². The zero-order valence-corrected chi connectivity index (χ0v) is 22.9. The Morgan fingerprint density at radius 2 is 2.08 bits per heavy atom. The number of rotatable bonds is 6. The fourth-order valence-corrected chi connectivity index (χ4v) is 4.54. The third kappa shape index (κ3) is 5.93. The molecule has 0 saturated carbocycles. The topological polar surface area (TPSA) is 88.9 Å². The lowest BCUT2D eigenvalue weighted by molar-refractivity contribution is -0.0102. The molecule has 3 aromatic rings. The highest BCUT2D eigenvalue weighted by atomic mass is 79.9. The Balaban J connectivity index is 1.63. The lowest BCUT2D eigenvalue weighted by Crippen LogP contribution is -2.50. The van der Waals surface area contributed by atoms with Crippen LogP contribution in [0.4, 0.5) is 30.8 Å². The molecule has 1 saturated heterocycles. The predicted molar refractivity (Wildman–Crippen MR) is 148 cm³/mol.